The maximum atomic E-state index is 13.6. The van der Waals surface area contributed by atoms with E-state index in [0.29, 0.717) is 30.6 Å². The number of carboxylic acids is 1. The molecule has 0 bridgehead atoms. The van der Waals surface area contributed by atoms with Gasteiger partial charge < -0.3 is 29.9 Å². The lowest BCUT2D eigenvalue weighted by Gasteiger charge is -2.25. The molecule has 1 aliphatic rings. The first-order valence-electron chi connectivity index (χ1n) is 13.1. The highest BCUT2D eigenvalue weighted by Crippen LogP contribution is 2.33. The monoisotopic (exact) mass is 556 g/mol. The number of phenols is 1. The summed E-state index contributed by atoms with van der Waals surface area (Å²) < 4.78 is 24.5. The molecule has 1 aliphatic heterocycles. The van der Waals surface area contributed by atoms with Crippen LogP contribution in [0.25, 0.3) is 0 Å². The Morgan fingerprint density at radius 3 is 2.22 bits per heavy atom. The van der Waals surface area contributed by atoms with Crippen LogP contribution in [0.3, 0.4) is 0 Å². The lowest BCUT2D eigenvalue weighted by atomic mass is 10.0. The molecule has 0 aromatic heterocycles. The normalized spacial score (nSPS) is 12.5. The zero-order chi connectivity index (χ0) is 28.8. The fourth-order valence-electron chi connectivity index (χ4n) is 4.60. The van der Waals surface area contributed by atoms with Crippen LogP contribution >= 0.6 is 0 Å². The molecular formula is C32H29FN2O6. The molecule has 8 nitrogen and oxygen atoms in total. The third-order valence-electron chi connectivity index (χ3n) is 6.87. The number of amides is 1. The number of anilines is 1. The standard InChI is InChI=1S/C32H29FN2O6/c33-25-8-10-26(11-9-25)35(16-15-22-5-14-29-30(18-22)41-20-40-29)19-23-1-6-24(7-2-23)31(37)34-28(32(38)39)17-21-3-12-27(36)13-4-21/h1-14,18,28,36H,15-17,19-20H2,(H,34,37)(H,38,39). The van der Waals surface area contributed by atoms with Gasteiger partial charge in [-0.25, -0.2) is 9.18 Å². The molecule has 210 valence electrons. The number of hydrogen-bond donors (Lipinski definition) is 3. The number of carbonyl (C=O) groups is 2. The Kier molecular flexibility index (Phi) is 8.34. The molecule has 9 heteroatoms. The number of nitrogens with one attached hydrogen (secondary N) is 1. The summed E-state index contributed by atoms with van der Waals surface area (Å²) in [5.41, 5.74) is 3.86. The Morgan fingerprint density at radius 1 is 0.854 bits per heavy atom. The van der Waals surface area contributed by atoms with E-state index in [1.165, 1.54) is 24.3 Å². The lowest BCUT2D eigenvalue weighted by molar-refractivity contribution is -0.139. The van der Waals surface area contributed by atoms with Crippen molar-refractivity contribution in [2.24, 2.45) is 0 Å². The van der Waals surface area contributed by atoms with E-state index in [-0.39, 0.29) is 24.8 Å². The molecule has 0 saturated heterocycles. The van der Waals surface area contributed by atoms with Gasteiger partial charge in [0.25, 0.3) is 5.91 Å². The van der Waals surface area contributed by atoms with E-state index in [9.17, 15) is 24.2 Å². The maximum Gasteiger partial charge on any atom is 0.326 e. The molecule has 0 spiro atoms. The topological polar surface area (TPSA) is 108 Å². The van der Waals surface area contributed by atoms with Crippen LogP contribution in [-0.4, -0.2) is 41.5 Å². The molecule has 5 rings (SSSR count). The smallest absolute Gasteiger partial charge is 0.326 e. The SMILES string of the molecule is O=C(NC(Cc1ccc(O)cc1)C(=O)O)c1ccc(CN(CCc2ccc3c(c2)OCO3)c2ccc(F)cc2)cc1. The second kappa shape index (κ2) is 12.4. The van der Waals surface area contributed by atoms with Crippen LogP contribution < -0.4 is 19.7 Å². The van der Waals surface area contributed by atoms with Crippen LogP contribution in [-0.2, 0) is 24.2 Å². The Labute approximate surface area is 236 Å². The van der Waals surface area contributed by atoms with Gasteiger partial charge in [0, 0.05) is 30.8 Å². The highest BCUT2D eigenvalue weighted by atomic mass is 19.1. The Balaban J connectivity index is 1.25. The van der Waals surface area contributed by atoms with Crippen LogP contribution in [0, 0.1) is 5.82 Å². The van der Waals surface area contributed by atoms with Gasteiger partial charge in [0.15, 0.2) is 11.5 Å². The molecular weight excluding hydrogens is 527 g/mol. The van der Waals surface area contributed by atoms with Crippen molar-refractivity contribution in [2.75, 3.05) is 18.2 Å². The van der Waals surface area contributed by atoms with Crippen LogP contribution in [0.2, 0.25) is 0 Å². The molecule has 4 aromatic rings. The molecule has 1 amide bonds. The minimum absolute atomic E-state index is 0.0788. The molecule has 4 aromatic carbocycles. The van der Waals surface area contributed by atoms with E-state index in [2.05, 4.69) is 10.2 Å². The number of phenolic OH excluding ortho intramolecular Hbond substituents is 1. The lowest BCUT2D eigenvalue weighted by Crippen LogP contribution is -2.42. The summed E-state index contributed by atoms with van der Waals surface area (Å²) in [4.78, 5) is 26.8. The number of rotatable bonds is 11. The molecule has 0 saturated carbocycles. The molecule has 0 aliphatic carbocycles. The van der Waals surface area contributed by atoms with E-state index in [0.717, 1.165) is 28.3 Å². The summed E-state index contributed by atoms with van der Waals surface area (Å²) in [6.07, 6.45) is 0.793. The molecule has 3 N–H and O–H groups in total. The van der Waals surface area contributed by atoms with Gasteiger partial charge in [-0.3, -0.25) is 4.79 Å². The van der Waals surface area contributed by atoms with Gasteiger partial charge in [-0.2, -0.15) is 0 Å². The summed E-state index contributed by atoms with van der Waals surface area (Å²) in [5, 5.41) is 21.6. The van der Waals surface area contributed by atoms with Gasteiger partial charge in [-0.15, -0.1) is 0 Å². The summed E-state index contributed by atoms with van der Waals surface area (Å²) in [6, 6.07) is 24.2. The van der Waals surface area contributed by atoms with Crippen molar-refractivity contribution in [2.45, 2.75) is 25.4 Å². The number of aliphatic carboxylic acids is 1. The van der Waals surface area contributed by atoms with Crippen LogP contribution in [0.4, 0.5) is 10.1 Å². The molecule has 1 unspecified atom stereocenters. The first-order valence-corrected chi connectivity index (χ1v) is 13.1. The second-order valence-corrected chi connectivity index (χ2v) is 9.77. The van der Waals surface area contributed by atoms with Crippen molar-refractivity contribution in [3.63, 3.8) is 0 Å². The van der Waals surface area contributed by atoms with Crippen molar-refractivity contribution in [1.82, 2.24) is 5.32 Å². The summed E-state index contributed by atoms with van der Waals surface area (Å²) in [5.74, 6) is -0.442. The predicted molar refractivity (Wildman–Crippen MR) is 151 cm³/mol. The fourth-order valence-corrected chi connectivity index (χ4v) is 4.60. The average molecular weight is 557 g/mol. The third-order valence-corrected chi connectivity index (χ3v) is 6.87. The number of carbonyl (C=O) groups excluding carboxylic acids is 1. The minimum Gasteiger partial charge on any atom is -0.508 e. The number of hydrogen-bond acceptors (Lipinski definition) is 6. The number of ether oxygens (including phenoxy) is 2. The number of benzene rings is 4. The first-order chi connectivity index (χ1) is 19.8. The molecule has 1 heterocycles. The summed E-state index contributed by atoms with van der Waals surface area (Å²) in [6.45, 7) is 1.37. The average Bonchev–Trinajstić information content (AvgIpc) is 3.45. The number of aromatic hydroxyl groups is 1. The van der Waals surface area contributed by atoms with Crippen molar-refractivity contribution in [3.8, 4) is 17.2 Å². The van der Waals surface area contributed by atoms with E-state index >= 15 is 0 Å². The minimum atomic E-state index is -1.15. The largest absolute Gasteiger partial charge is 0.508 e. The quantitative estimate of drug-likeness (QED) is 0.240. The highest BCUT2D eigenvalue weighted by molar-refractivity contribution is 5.96. The van der Waals surface area contributed by atoms with E-state index in [4.69, 9.17) is 9.47 Å². The van der Waals surface area contributed by atoms with Crippen LogP contribution in [0.15, 0.2) is 91.0 Å². The summed E-state index contributed by atoms with van der Waals surface area (Å²) >= 11 is 0. The first kappa shape index (κ1) is 27.5. The zero-order valence-corrected chi connectivity index (χ0v) is 22.1. The van der Waals surface area contributed by atoms with Crippen LogP contribution in [0.1, 0.15) is 27.0 Å². The number of halogens is 1. The molecule has 0 fully saturated rings. The maximum absolute atomic E-state index is 13.6. The van der Waals surface area contributed by atoms with E-state index in [1.807, 2.05) is 30.3 Å². The predicted octanol–water partition coefficient (Wildman–Crippen LogP) is 4.94. The van der Waals surface area contributed by atoms with Crippen molar-refractivity contribution < 1.29 is 33.7 Å². The molecule has 0 radical (unpaired) electrons. The Bertz CT molecular complexity index is 1510. The molecule has 1 atom stereocenters. The van der Waals surface area contributed by atoms with Gasteiger partial charge in [-0.05, 0) is 83.8 Å². The highest BCUT2D eigenvalue weighted by Gasteiger charge is 2.21. The Hall–Kier alpha value is -5.05. The van der Waals surface area contributed by atoms with E-state index < -0.39 is 17.9 Å². The second-order valence-electron chi connectivity index (χ2n) is 9.77. The van der Waals surface area contributed by atoms with Gasteiger partial charge >= 0.3 is 5.97 Å². The van der Waals surface area contributed by atoms with Crippen molar-refractivity contribution in [3.05, 3.63) is 119 Å². The Morgan fingerprint density at radius 2 is 1.51 bits per heavy atom. The fraction of sp³-hybridized carbons (Fsp3) is 0.188. The summed E-state index contributed by atoms with van der Waals surface area (Å²) in [7, 11) is 0. The third kappa shape index (κ3) is 7.13. The molecule has 41 heavy (non-hydrogen) atoms. The van der Waals surface area contributed by atoms with Crippen LogP contribution in [0.5, 0.6) is 17.2 Å². The van der Waals surface area contributed by atoms with Gasteiger partial charge in [0.2, 0.25) is 6.79 Å². The van der Waals surface area contributed by atoms with Gasteiger partial charge in [-0.1, -0.05) is 30.3 Å². The zero-order valence-electron chi connectivity index (χ0n) is 22.1. The van der Waals surface area contributed by atoms with Crippen molar-refractivity contribution >= 4 is 17.6 Å². The number of fused-ring (bicyclic) bond motifs is 1. The van der Waals surface area contributed by atoms with Gasteiger partial charge in [0.05, 0.1) is 0 Å². The van der Waals surface area contributed by atoms with Gasteiger partial charge in [0.1, 0.15) is 17.6 Å². The van der Waals surface area contributed by atoms with E-state index in [1.54, 1.807) is 36.4 Å². The number of nitrogens with zero attached hydrogens (tertiary/aromatic N) is 1. The van der Waals surface area contributed by atoms with Crippen molar-refractivity contribution in [1.29, 1.82) is 0 Å². The number of carboxylic acid groups (broad SMARTS) is 1.